The summed E-state index contributed by atoms with van der Waals surface area (Å²) in [7, 11) is 0. The molecule has 4 rings (SSSR count). The number of rotatable bonds is 8. The van der Waals surface area contributed by atoms with Gasteiger partial charge in [-0.2, -0.15) is 0 Å². The van der Waals surface area contributed by atoms with Gasteiger partial charge in [0.1, 0.15) is 12.4 Å². The van der Waals surface area contributed by atoms with Gasteiger partial charge in [-0.1, -0.05) is 54.6 Å². The zero-order valence-corrected chi connectivity index (χ0v) is 18.5. The molecule has 9 heteroatoms. The fraction of sp³-hybridized carbons (Fsp3) is 0.192. The molecule has 0 spiro atoms. The largest absolute Gasteiger partial charge is 0.479 e. The number of amides is 2. The van der Waals surface area contributed by atoms with Gasteiger partial charge in [-0.05, 0) is 34.4 Å². The molecule has 1 unspecified atom stereocenters. The molecule has 1 aliphatic carbocycles. The first-order chi connectivity index (χ1) is 16.9. The summed E-state index contributed by atoms with van der Waals surface area (Å²) in [4.78, 5) is 35.7. The summed E-state index contributed by atoms with van der Waals surface area (Å²) in [5.41, 5.74) is 3.66. The molecule has 4 N–H and O–H groups in total. The first-order valence-electron chi connectivity index (χ1n) is 11.0. The van der Waals surface area contributed by atoms with E-state index in [1.165, 1.54) is 12.1 Å². The minimum absolute atomic E-state index is 0.0168. The van der Waals surface area contributed by atoms with E-state index >= 15 is 0 Å². The van der Waals surface area contributed by atoms with Gasteiger partial charge in [-0.3, -0.25) is 10.1 Å². The summed E-state index contributed by atoms with van der Waals surface area (Å²) < 4.78 is 19.9. The van der Waals surface area contributed by atoms with E-state index in [1.807, 2.05) is 48.5 Å². The van der Waals surface area contributed by atoms with E-state index in [-0.39, 0.29) is 36.7 Å². The highest BCUT2D eigenvalue weighted by molar-refractivity contribution is 6.02. The van der Waals surface area contributed by atoms with Crippen LogP contribution in [-0.4, -0.2) is 47.4 Å². The maximum atomic E-state index is 14.5. The smallest absolute Gasteiger partial charge is 0.411 e. The first kappa shape index (κ1) is 23.9. The topological polar surface area (TPSA) is 125 Å². The SMILES string of the molecule is O=C(Nc1c(F)cccc1C(=O)NCCC(O)C(=O)O)OCC1c2ccccc2-c2ccccc21. The Hall–Kier alpha value is -4.24. The lowest BCUT2D eigenvalue weighted by Crippen LogP contribution is -2.31. The molecule has 2 amide bonds. The average molecular weight is 478 g/mol. The molecular formula is C26H23FN2O6. The fourth-order valence-corrected chi connectivity index (χ4v) is 4.12. The van der Waals surface area contributed by atoms with Gasteiger partial charge in [-0.25, -0.2) is 14.0 Å². The third-order valence-electron chi connectivity index (χ3n) is 5.82. The number of aliphatic carboxylic acids is 1. The van der Waals surface area contributed by atoms with Crippen LogP contribution < -0.4 is 10.6 Å². The Balaban J connectivity index is 1.43. The molecule has 0 saturated carbocycles. The van der Waals surface area contributed by atoms with Crippen LogP contribution in [0.4, 0.5) is 14.9 Å². The number of carboxylic acid groups (broad SMARTS) is 1. The number of carbonyl (C=O) groups excluding carboxylic acids is 2. The number of benzene rings is 3. The van der Waals surface area contributed by atoms with Gasteiger partial charge in [0.2, 0.25) is 0 Å². The highest BCUT2D eigenvalue weighted by Gasteiger charge is 2.29. The number of carbonyl (C=O) groups is 3. The Morgan fingerprint density at radius 1 is 0.943 bits per heavy atom. The monoisotopic (exact) mass is 478 g/mol. The molecule has 1 aliphatic rings. The van der Waals surface area contributed by atoms with E-state index in [0.29, 0.717) is 0 Å². The summed E-state index contributed by atoms with van der Waals surface area (Å²) in [6.45, 7) is -0.143. The van der Waals surface area contributed by atoms with Crippen LogP contribution in [0.5, 0.6) is 0 Å². The van der Waals surface area contributed by atoms with Crippen LogP contribution in [-0.2, 0) is 9.53 Å². The zero-order valence-electron chi connectivity index (χ0n) is 18.5. The number of halogens is 1. The molecule has 3 aromatic carbocycles. The van der Waals surface area contributed by atoms with Gasteiger partial charge < -0.3 is 20.3 Å². The van der Waals surface area contributed by atoms with Crippen molar-refractivity contribution in [1.82, 2.24) is 5.32 Å². The van der Waals surface area contributed by atoms with E-state index in [9.17, 15) is 23.9 Å². The van der Waals surface area contributed by atoms with Crippen molar-refractivity contribution in [3.05, 3.63) is 89.2 Å². The summed E-state index contributed by atoms with van der Waals surface area (Å²) in [6.07, 6.45) is -2.79. The van der Waals surface area contributed by atoms with Crippen molar-refractivity contribution in [2.75, 3.05) is 18.5 Å². The lowest BCUT2D eigenvalue weighted by atomic mass is 9.98. The molecule has 0 saturated heterocycles. The molecule has 1 atom stereocenters. The molecule has 3 aromatic rings. The number of hydrogen-bond acceptors (Lipinski definition) is 5. The minimum Gasteiger partial charge on any atom is -0.479 e. The minimum atomic E-state index is -1.64. The van der Waals surface area contributed by atoms with Crippen LogP contribution in [0.1, 0.15) is 33.8 Å². The third-order valence-corrected chi connectivity index (χ3v) is 5.82. The van der Waals surface area contributed by atoms with Crippen molar-refractivity contribution in [3.8, 4) is 11.1 Å². The molecule has 0 radical (unpaired) electrons. The number of nitrogens with one attached hydrogen (secondary N) is 2. The molecule has 0 heterocycles. The van der Waals surface area contributed by atoms with E-state index in [2.05, 4.69) is 10.6 Å². The normalized spacial score (nSPS) is 12.9. The van der Waals surface area contributed by atoms with Gasteiger partial charge in [0, 0.05) is 18.9 Å². The second-order valence-electron chi connectivity index (χ2n) is 8.01. The molecular weight excluding hydrogens is 455 g/mol. The summed E-state index contributed by atoms with van der Waals surface area (Å²) in [6, 6.07) is 19.4. The Morgan fingerprint density at radius 2 is 1.57 bits per heavy atom. The number of aliphatic hydroxyl groups excluding tert-OH is 1. The maximum Gasteiger partial charge on any atom is 0.411 e. The van der Waals surface area contributed by atoms with Crippen LogP contribution in [0.15, 0.2) is 66.7 Å². The van der Waals surface area contributed by atoms with Gasteiger partial charge >= 0.3 is 12.1 Å². The highest BCUT2D eigenvalue weighted by Crippen LogP contribution is 2.44. The number of para-hydroxylation sites is 1. The van der Waals surface area contributed by atoms with Crippen molar-refractivity contribution < 1.29 is 33.7 Å². The van der Waals surface area contributed by atoms with Crippen LogP contribution in [0.2, 0.25) is 0 Å². The van der Waals surface area contributed by atoms with Crippen molar-refractivity contribution in [2.24, 2.45) is 0 Å². The molecule has 8 nitrogen and oxygen atoms in total. The molecule has 35 heavy (non-hydrogen) atoms. The second kappa shape index (κ2) is 10.4. The van der Waals surface area contributed by atoms with Crippen molar-refractivity contribution in [3.63, 3.8) is 0 Å². The first-order valence-corrected chi connectivity index (χ1v) is 11.0. The maximum absolute atomic E-state index is 14.5. The van der Waals surface area contributed by atoms with Crippen LogP contribution in [0, 0.1) is 5.82 Å². The predicted molar refractivity (Wildman–Crippen MR) is 126 cm³/mol. The quantitative estimate of drug-likeness (QED) is 0.391. The van der Waals surface area contributed by atoms with Gasteiger partial charge in [0.15, 0.2) is 6.10 Å². The summed E-state index contributed by atoms with van der Waals surface area (Å²) in [5, 5.41) is 22.7. The fourth-order valence-electron chi connectivity index (χ4n) is 4.12. The van der Waals surface area contributed by atoms with E-state index in [4.69, 9.17) is 9.84 Å². The molecule has 0 bridgehead atoms. The zero-order chi connectivity index (χ0) is 24.9. The Morgan fingerprint density at radius 3 is 2.20 bits per heavy atom. The lowest BCUT2D eigenvalue weighted by molar-refractivity contribution is -0.146. The number of aliphatic hydroxyl groups is 1. The van der Waals surface area contributed by atoms with Crippen LogP contribution >= 0.6 is 0 Å². The van der Waals surface area contributed by atoms with Crippen LogP contribution in [0.25, 0.3) is 11.1 Å². The molecule has 180 valence electrons. The van der Waals surface area contributed by atoms with E-state index in [1.54, 1.807) is 0 Å². The Bertz CT molecular complexity index is 1230. The second-order valence-corrected chi connectivity index (χ2v) is 8.01. The molecule has 0 aromatic heterocycles. The number of fused-ring (bicyclic) bond motifs is 3. The highest BCUT2D eigenvalue weighted by atomic mass is 19.1. The van der Waals surface area contributed by atoms with Gasteiger partial charge in [0.25, 0.3) is 5.91 Å². The van der Waals surface area contributed by atoms with E-state index < -0.39 is 29.9 Å². The molecule has 0 aliphatic heterocycles. The predicted octanol–water partition coefficient (Wildman–Crippen LogP) is 3.75. The third kappa shape index (κ3) is 5.15. The number of ether oxygens (including phenoxy) is 1. The van der Waals surface area contributed by atoms with Crippen molar-refractivity contribution in [2.45, 2.75) is 18.4 Å². The van der Waals surface area contributed by atoms with Crippen LogP contribution in [0.3, 0.4) is 0 Å². The molecule has 0 fully saturated rings. The van der Waals surface area contributed by atoms with E-state index in [0.717, 1.165) is 28.3 Å². The Labute approximate surface area is 200 Å². The number of carboxylic acids is 1. The van der Waals surface area contributed by atoms with Crippen molar-refractivity contribution >= 4 is 23.7 Å². The van der Waals surface area contributed by atoms with Crippen molar-refractivity contribution in [1.29, 1.82) is 0 Å². The number of anilines is 1. The standard InChI is InChI=1S/C26H23FN2O6/c27-21-11-5-10-19(24(31)28-13-12-22(30)25(32)33)23(21)29-26(34)35-14-20-17-8-3-1-6-15(17)16-7-2-4-9-18(16)20/h1-11,20,22,30H,12-14H2,(H,28,31)(H,29,34)(H,32,33). The van der Waals surface area contributed by atoms with Gasteiger partial charge in [-0.15, -0.1) is 0 Å². The van der Waals surface area contributed by atoms with Gasteiger partial charge in [0.05, 0.1) is 11.3 Å². The average Bonchev–Trinajstić information content (AvgIpc) is 3.17. The summed E-state index contributed by atoms with van der Waals surface area (Å²) >= 11 is 0. The lowest BCUT2D eigenvalue weighted by Gasteiger charge is -2.16. The number of hydrogen-bond donors (Lipinski definition) is 4. The summed E-state index contributed by atoms with van der Waals surface area (Å²) in [5.74, 6) is -3.17. The Kier molecular flexibility index (Phi) is 7.07.